The summed E-state index contributed by atoms with van der Waals surface area (Å²) in [7, 11) is 4.28. The van der Waals surface area contributed by atoms with Gasteiger partial charge in [0, 0.05) is 27.2 Å². The Morgan fingerprint density at radius 1 is 1.15 bits per heavy atom. The van der Waals surface area contributed by atoms with Crippen LogP contribution in [0.25, 0.3) is 11.0 Å². The Bertz CT molecular complexity index is 1230. The number of fused-ring (bicyclic) bond motifs is 1. The van der Waals surface area contributed by atoms with Gasteiger partial charge in [0.25, 0.3) is 17.6 Å². The van der Waals surface area contributed by atoms with Crippen molar-refractivity contribution in [2.75, 3.05) is 34.3 Å². The highest BCUT2D eigenvalue weighted by Crippen LogP contribution is 2.27. The number of likely N-dealkylation sites (tertiary alicyclic amines) is 1. The van der Waals surface area contributed by atoms with Crippen molar-refractivity contribution in [1.29, 1.82) is 0 Å². The van der Waals surface area contributed by atoms with E-state index in [0.29, 0.717) is 19.0 Å². The van der Waals surface area contributed by atoms with Crippen LogP contribution in [0.4, 0.5) is 4.39 Å². The van der Waals surface area contributed by atoms with E-state index < -0.39 is 11.7 Å². The highest BCUT2D eigenvalue weighted by atomic mass is 19.1. The van der Waals surface area contributed by atoms with Crippen LogP contribution in [0.5, 0.6) is 5.88 Å². The number of aromatic nitrogens is 2. The molecule has 0 unspecified atom stereocenters. The summed E-state index contributed by atoms with van der Waals surface area (Å²) in [5, 5.41) is 0. The first-order chi connectivity index (χ1) is 16.3. The molecule has 1 saturated heterocycles. The Kier molecular flexibility index (Phi) is 6.58. The van der Waals surface area contributed by atoms with Crippen molar-refractivity contribution in [3.8, 4) is 5.88 Å². The average molecular weight is 468 g/mol. The Morgan fingerprint density at radius 2 is 1.82 bits per heavy atom. The van der Waals surface area contributed by atoms with Crippen LogP contribution in [0.15, 0.2) is 34.9 Å². The summed E-state index contributed by atoms with van der Waals surface area (Å²) in [5.74, 6) is -2.15. The molecule has 4 rings (SSSR count). The number of likely N-dealkylation sites (N-methyl/N-ethyl adjacent to an activating group) is 1. The van der Waals surface area contributed by atoms with Gasteiger partial charge in [-0.25, -0.2) is 14.4 Å². The number of piperidine rings is 1. The number of nitrogens with zero attached hydrogens (tertiary/aromatic N) is 4. The molecular formula is C24H25FN4O5. The molecule has 3 aromatic rings. The zero-order valence-corrected chi connectivity index (χ0v) is 19.2. The first kappa shape index (κ1) is 23.3. The molecule has 0 aliphatic carbocycles. The standard InChI is InChI=1S/C24H25FN4O5/c1-28(2)24(32)20(30)21-18-17(13-34-21)26-22(33-3)19(27-18)23(31)29-10-8-15(9-11-29)12-14-4-6-16(25)7-5-14/h4-7,13,15H,8-12H2,1-3H3. The first-order valence-electron chi connectivity index (χ1n) is 10.9. The predicted molar refractivity (Wildman–Crippen MR) is 120 cm³/mol. The number of rotatable bonds is 6. The van der Waals surface area contributed by atoms with Crippen LogP contribution in [0.1, 0.15) is 39.4 Å². The molecule has 0 atom stereocenters. The van der Waals surface area contributed by atoms with E-state index in [1.807, 2.05) is 0 Å². The van der Waals surface area contributed by atoms with Crippen LogP contribution in [-0.2, 0) is 11.2 Å². The molecule has 1 fully saturated rings. The summed E-state index contributed by atoms with van der Waals surface area (Å²) >= 11 is 0. The second-order valence-corrected chi connectivity index (χ2v) is 8.48. The number of amides is 2. The molecule has 3 heterocycles. The number of carbonyl (C=O) groups is 3. The average Bonchev–Trinajstić information content (AvgIpc) is 3.26. The van der Waals surface area contributed by atoms with E-state index in [1.165, 1.54) is 39.6 Å². The van der Waals surface area contributed by atoms with Crippen LogP contribution in [0.2, 0.25) is 0 Å². The minimum absolute atomic E-state index is 0.0182. The Hall–Kier alpha value is -3.82. The SMILES string of the molecule is COc1nc2coc(C(=O)C(=O)N(C)C)c2nc1C(=O)N1CCC(Cc2ccc(F)cc2)CC1. The smallest absolute Gasteiger partial charge is 0.297 e. The number of furan rings is 1. The second kappa shape index (κ2) is 9.58. The van der Waals surface area contributed by atoms with Crippen molar-refractivity contribution in [2.45, 2.75) is 19.3 Å². The number of Topliss-reactive ketones (excluding diaryl/α,β-unsaturated/α-hetero) is 1. The zero-order valence-electron chi connectivity index (χ0n) is 19.2. The van der Waals surface area contributed by atoms with E-state index >= 15 is 0 Å². The van der Waals surface area contributed by atoms with Gasteiger partial charge in [-0.3, -0.25) is 14.4 Å². The van der Waals surface area contributed by atoms with E-state index in [0.717, 1.165) is 29.7 Å². The van der Waals surface area contributed by atoms with Crippen LogP contribution >= 0.6 is 0 Å². The van der Waals surface area contributed by atoms with Crippen molar-refractivity contribution in [2.24, 2.45) is 5.92 Å². The summed E-state index contributed by atoms with van der Waals surface area (Å²) < 4.78 is 23.7. The topological polar surface area (TPSA) is 106 Å². The van der Waals surface area contributed by atoms with Crippen molar-refractivity contribution in [3.05, 3.63) is 53.4 Å². The van der Waals surface area contributed by atoms with Gasteiger partial charge in [0.05, 0.1) is 7.11 Å². The van der Waals surface area contributed by atoms with Crippen LogP contribution in [0, 0.1) is 11.7 Å². The molecule has 1 aliphatic rings. The van der Waals surface area contributed by atoms with Gasteiger partial charge >= 0.3 is 0 Å². The number of halogens is 1. The van der Waals surface area contributed by atoms with Crippen molar-refractivity contribution in [1.82, 2.24) is 19.8 Å². The van der Waals surface area contributed by atoms with Crippen molar-refractivity contribution >= 4 is 28.6 Å². The maximum absolute atomic E-state index is 13.3. The molecule has 2 aromatic heterocycles. The minimum Gasteiger partial charge on any atom is -0.479 e. The fourth-order valence-corrected chi connectivity index (χ4v) is 4.04. The van der Waals surface area contributed by atoms with Crippen molar-refractivity contribution < 1.29 is 27.9 Å². The molecule has 0 spiro atoms. The van der Waals surface area contributed by atoms with Gasteiger partial charge < -0.3 is 19.0 Å². The quantitative estimate of drug-likeness (QED) is 0.405. The molecule has 1 aromatic carbocycles. The highest BCUT2D eigenvalue weighted by molar-refractivity contribution is 6.43. The summed E-state index contributed by atoms with van der Waals surface area (Å²) in [6.07, 6.45) is 3.59. The fourth-order valence-electron chi connectivity index (χ4n) is 4.04. The number of ketones is 1. The molecule has 10 heteroatoms. The normalized spacial score (nSPS) is 14.3. The van der Waals surface area contributed by atoms with Gasteiger partial charge in [0.15, 0.2) is 5.69 Å². The third kappa shape index (κ3) is 4.61. The number of hydrogen-bond donors (Lipinski definition) is 0. The fraction of sp³-hybridized carbons (Fsp3) is 0.375. The van der Waals surface area contributed by atoms with Crippen LogP contribution in [-0.4, -0.2) is 71.7 Å². The van der Waals surface area contributed by atoms with Gasteiger partial charge in [-0.2, -0.15) is 0 Å². The molecule has 0 bridgehead atoms. The molecule has 0 N–H and O–H groups in total. The maximum atomic E-state index is 13.3. The van der Waals surface area contributed by atoms with Crippen molar-refractivity contribution in [3.63, 3.8) is 0 Å². The van der Waals surface area contributed by atoms with Crippen LogP contribution in [0.3, 0.4) is 0 Å². The maximum Gasteiger partial charge on any atom is 0.297 e. The molecule has 9 nitrogen and oxygen atoms in total. The van der Waals surface area contributed by atoms with E-state index in [4.69, 9.17) is 9.15 Å². The third-order valence-electron chi connectivity index (χ3n) is 5.94. The van der Waals surface area contributed by atoms with Gasteiger partial charge in [-0.15, -0.1) is 0 Å². The molecule has 178 valence electrons. The number of carbonyl (C=O) groups excluding carboxylic acids is 3. The Balaban J connectivity index is 1.52. The van der Waals surface area contributed by atoms with Crippen LogP contribution < -0.4 is 4.74 Å². The number of methoxy groups -OCH3 is 1. The Morgan fingerprint density at radius 3 is 2.44 bits per heavy atom. The number of ether oxygens (including phenoxy) is 1. The van der Waals surface area contributed by atoms with Gasteiger partial charge in [-0.05, 0) is 42.9 Å². The lowest BCUT2D eigenvalue weighted by Crippen LogP contribution is -2.39. The molecule has 0 radical (unpaired) electrons. The van der Waals surface area contributed by atoms with Gasteiger partial charge in [0.1, 0.15) is 23.1 Å². The third-order valence-corrected chi connectivity index (χ3v) is 5.94. The number of benzene rings is 1. The Labute approximate surface area is 195 Å². The largest absolute Gasteiger partial charge is 0.479 e. The van der Waals surface area contributed by atoms with Gasteiger partial charge in [0.2, 0.25) is 11.6 Å². The molecule has 2 amide bonds. The van der Waals surface area contributed by atoms with E-state index in [-0.39, 0.29) is 40.1 Å². The zero-order chi connectivity index (χ0) is 24.4. The van der Waals surface area contributed by atoms with E-state index in [1.54, 1.807) is 17.0 Å². The molecule has 1 aliphatic heterocycles. The minimum atomic E-state index is -0.875. The highest BCUT2D eigenvalue weighted by Gasteiger charge is 2.31. The first-order valence-corrected chi connectivity index (χ1v) is 10.9. The molecular weight excluding hydrogens is 443 g/mol. The number of hydrogen-bond acceptors (Lipinski definition) is 7. The lowest BCUT2D eigenvalue weighted by molar-refractivity contribution is -0.124. The summed E-state index contributed by atoms with van der Waals surface area (Å²) in [4.78, 5) is 49.3. The van der Waals surface area contributed by atoms with Gasteiger partial charge in [-0.1, -0.05) is 12.1 Å². The van der Waals surface area contributed by atoms with E-state index in [9.17, 15) is 18.8 Å². The molecule has 34 heavy (non-hydrogen) atoms. The summed E-state index contributed by atoms with van der Waals surface area (Å²) in [6, 6.07) is 6.48. The monoisotopic (exact) mass is 468 g/mol. The summed E-state index contributed by atoms with van der Waals surface area (Å²) in [6.45, 7) is 1.04. The molecule has 0 saturated carbocycles. The lowest BCUT2D eigenvalue weighted by Gasteiger charge is -2.32. The predicted octanol–water partition coefficient (Wildman–Crippen LogP) is 2.74. The summed E-state index contributed by atoms with van der Waals surface area (Å²) in [5.41, 5.74) is 1.27. The van der Waals surface area contributed by atoms with E-state index in [2.05, 4.69) is 9.97 Å². The lowest BCUT2D eigenvalue weighted by atomic mass is 9.90. The second-order valence-electron chi connectivity index (χ2n) is 8.48.